The Labute approximate surface area is 131 Å². The number of hydrogen-bond acceptors (Lipinski definition) is 5. The third kappa shape index (κ3) is 4.93. The van der Waals surface area contributed by atoms with Gasteiger partial charge in [0.05, 0.1) is 20.8 Å². The van der Waals surface area contributed by atoms with Gasteiger partial charge in [-0.15, -0.1) is 0 Å². The van der Waals surface area contributed by atoms with Crippen molar-refractivity contribution in [3.8, 4) is 17.4 Å². The minimum atomic E-state index is 0.649. The van der Waals surface area contributed by atoms with E-state index in [0.29, 0.717) is 12.5 Å². The second-order valence-electron chi connectivity index (χ2n) is 4.74. The Balaban J connectivity index is 1.66. The molecule has 0 amide bonds. The summed E-state index contributed by atoms with van der Waals surface area (Å²) in [5.41, 5.74) is 1.16. The third-order valence-electron chi connectivity index (χ3n) is 3.16. The van der Waals surface area contributed by atoms with Gasteiger partial charge in [-0.05, 0) is 36.7 Å². The third-order valence-corrected chi connectivity index (χ3v) is 3.16. The molecule has 1 N–H and O–H groups in total. The maximum Gasteiger partial charge on any atom is 0.213 e. The van der Waals surface area contributed by atoms with Crippen LogP contribution in [-0.4, -0.2) is 32.4 Å². The molecule has 0 spiro atoms. The van der Waals surface area contributed by atoms with Gasteiger partial charge < -0.3 is 19.5 Å². The van der Waals surface area contributed by atoms with Crippen LogP contribution in [0.4, 0.5) is 0 Å². The van der Waals surface area contributed by atoms with Gasteiger partial charge in [-0.3, -0.25) is 0 Å². The molecule has 0 bridgehead atoms. The summed E-state index contributed by atoms with van der Waals surface area (Å²) in [6.07, 6.45) is 2.65. The van der Waals surface area contributed by atoms with Crippen LogP contribution in [0, 0.1) is 0 Å². The lowest BCUT2D eigenvalue weighted by Crippen LogP contribution is -2.17. The van der Waals surface area contributed by atoms with Crippen molar-refractivity contribution in [2.75, 3.05) is 27.4 Å². The molecule has 0 aliphatic rings. The fraction of sp³-hybridized carbons (Fsp3) is 0.353. The van der Waals surface area contributed by atoms with Crippen LogP contribution < -0.4 is 19.5 Å². The van der Waals surface area contributed by atoms with Crippen LogP contribution in [0.25, 0.3) is 0 Å². The first kappa shape index (κ1) is 16.1. The van der Waals surface area contributed by atoms with E-state index < -0.39 is 0 Å². The first-order valence-corrected chi connectivity index (χ1v) is 7.29. The van der Waals surface area contributed by atoms with E-state index in [0.717, 1.165) is 36.6 Å². The van der Waals surface area contributed by atoms with Crippen LogP contribution in [-0.2, 0) is 6.54 Å². The Hall–Kier alpha value is -2.27. The molecular weight excluding hydrogens is 280 g/mol. The van der Waals surface area contributed by atoms with E-state index in [2.05, 4.69) is 10.3 Å². The zero-order valence-corrected chi connectivity index (χ0v) is 13.0. The number of benzene rings is 1. The monoisotopic (exact) mass is 302 g/mol. The summed E-state index contributed by atoms with van der Waals surface area (Å²) in [4.78, 5) is 4.11. The van der Waals surface area contributed by atoms with Gasteiger partial charge in [-0.1, -0.05) is 12.1 Å². The highest BCUT2D eigenvalue weighted by molar-refractivity contribution is 5.42. The largest absolute Gasteiger partial charge is 0.493 e. The SMILES string of the molecule is COc1ccc(CNCCCOc2ccccn2)cc1OC. The van der Waals surface area contributed by atoms with Crippen molar-refractivity contribution >= 4 is 0 Å². The Morgan fingerprint density at radius 1 is 1.05 bits per heavy atom. The van der Waals surface area contributed by atoms with Crippen LogP contribution in [0.5, 0.6) is 17.4 Å². The smallest absolute Gasteiger partial charge is 0.213 e. The molecule has 0 fully saturated rings. The molecule has 1 heterocycles. The lowest BCUT2D eigenvalue weighted by atomic mass is 10.2. The molecule has 0 atom stereocenters. The average Bonchev–Trinajstić information content (AvgIpc) is 2.58. The van der Waals surface area contributed by atoms with Crippen LogP contribution in [0.1, 0.15) is 12.0 Å². The molecule has 0 aliphatic heterocycles. The predicted octanol–water partition coefficient (Wildman–Crippen LogP) is 2.66. The van der Waals surface area contributed by atoms with Crippen LogP contribution in [0.15, 0.2) is 42.6 Å². The van der Waals surface area contributed by atoms with Gasteiger partial charge in [0.1, 0.15) is 0 Å². The highest BCUT2D eigenvalue weighted by Gasteiger charge is 2.04. The zero-order chi connectivity index (χ0) is 15.6. The van der Waals surface area contributed by atoms with Gasteiger partial charge in [0.15, 0.2) is 11.5 Å². The Kier molecular flexibility index (Phi) is 6.51. The fourth-order valence-electron chi connectivity index (χ4n) is 2.03. The topological polar surface area (TPSA) is 52.6 Å². The summed E-state index contributed by atoms with van der Waals surface area (Å²) < 4.78 is 16.1. The minimum Gasteiger partial charge on any atom is -0.493 e. The van der Waals surface area contributed by atoms with E-state index in [1.54, 1.807) is 20.4 Å². The van der Waals surface area contributed by atoms with Crippen LogP contribution in [0.3, 0.4) is 0 Å². The number of rotatable bonds is 9. The number of methoxy groups -OCH3 is 2. The lowest BCUT2D eigenvalue weighted by Gasteiger charge is -2.10. The molecule has 1 aromatic carbocycles. The Morgan fingerprint density at radius 2 is 1.91 bits per heavy atom. The standard InChI is InChI=1S/C17H22N2O3/c1-20-15-8-7-14(12-16(15)21-2)13-18-9-5-11-22-17-6-3-4-10-19-17/h3-4,6-8,10,12,18H,5,9,11,13H2,1-2H3. The highest BCUT2D eigenvalue weighted by atomic mass is 16.5. The summed E-state index contributed by atoms with van der Waals surface area (Å²) >= 11 is 0. The lowest BCUT2D eigenvalue weighted by molar-refractivity contribution is 0.296. The summed E-state index contributed by atoms with van der Waals surface area (Å²) in [6, 6.07) is 11.6. The van der Waals surface area contributed by atoms with Crippen LogP contribution >= 0.6 is 0 Å². The van der Waals surface area contributed by atoms with E-state index in [4.69, 9.17) is 14.2 Å². The second kappa shape index (κ2) is 8.89. The highest BCUT2D eigenvalue weighted by Crippen LogP contribution is 2.27. The van der Waals surface area contributed by atoms with Crippen molar-refractivity contribution in [2.24, 2.45) is 0 Å². The molecule has 0 radical (unpaired) electrons. The van der Waals surface area contributed by atoms with Crippen molar-refractivity contribution in [3.05, 3.63) is 48.2 Å². The Bertz CT molecular complexity index is 561. The molecule has 2 aromatic rings. The summed E-state index contributed by atoms with van der Waals surface area (Å²) in [5.74, 6) is 2.16. The molecule has 1 aromatic heterocycles. The molecule has 0 saturated heterocycles. The normalized spacial score (nSPS) is 10.3. The molecule has 2 rings (SSSR count). The molecule has 118 valence electrons. The number of hydrogen-bond donors (Lipinski definition) is 1. The first-order chi connectivity index (χ1) is 10.8. The van der Waals surface area contributed by atoms with E-state index in [9.17, 15) is 0 Å². The number of aromatic nitrogens is 1. The number of nitrogens with zero attached hydrogens (tertiary/aromatic N) is 1. The van der Waals surface area contributed by atoms with E-state index in [-0.39, 0.29) is 0 Å². The van der Waals surface area contributed by atoms with E-state index in [1.165, 1.54) is 0 Å². The predicted molar refractivity (Wildman–Crippen MR) is 85.6 cm³/mol. The van der Waals surface area contributed by atoms with Gasteiger partial charge in [-0.2, -0.15) is 0 Å². The molecule has 0 unspecified atom stereocenters. The van der Waals surface area contributed by atoms with Crippen molar-refractivity contribution in [2.45, 2.75) is 13.0 Å². The quantitative estimate of drug-likeness (QED) is 0.722. The zero-order valence-electron chi connectivity index (χ0n) is 13.0. The average molecular weight is 302 g/mol. The second-order valence-corrected chi connectivity index (χ2v) is 4.74. The van der Waals surface area contributed by atoms with Gasteiger partial charge >= 0.3 is 0 Å². The summed E-state index contributed by atoms with van der Waals surface area (Å²) in [6.45, 7) is 2.31. The van der Waals surface area contributed by atoms with E-state index >= 15 is 0 Å². The van der Waals surface area contributed by atoms with Crippen molar-refractivity contribution in [1.29, 1.82) is 0 Å². The molecule has 0 saturated carbocycles. The van der Waals surface area contributed by atoms with Crippen molar-refractivity contribution < 1.29 is 14.2 Å². The number of pyridine rings is 1. The fourth-order valence-corrected chi connectivity index (χ4v) is 2.03. The van der Waals surface area contributed by atoms with Gasteiger partial charge in [0, 0.05) is 18.8 Å². The number of ether oxygens (including phenoxy) is 3. The molecule has 0 aliphatic carbocycles. The molecular formula is C17H22N2O3. The Morgan fingerprint density at radius 3 is 2.64 bits per heavy atom. The van der Waals surface area contributed by atoms with Gasteiger partial charge in [0.2, 0.25) is 5.88 Å². The minimum absolute atomic E-state index is 0.649. The first-order valence-electron chi connectivity index (χ1n) is 7.29. The molecule has 22 heavy (non-hydrogen) atoms. The van der Waals surface area contributed by atoms with E-state index in [1.807, 2.05) is 36.4 Å². The van der Waals surface area contributed by atoms with Crippen molar-refractivity contribution in [3.63, 3.8) is 0 Å². The van der Waals surface area contributed by atoms with Gasteiger partial charge in [0.25, 0.3) is 0 Å². The summed E-state index contributed by atoms with van der Waals surface area (Å²) in [5, 5.41) is 3.38. The number of nitrogens with one attached hydrogen (secondary N) is 1. The molecule has 5 nitrogen and oxygen atoms in total. The summed E-state index contributed by atoms with van der Waals surface area (Å²) in [7, 11) is 3.28. The maximum absolute atomic E-state index is 5.54. The molecule has 5 heteroatoms. The maximum atomic E-state index is 5.54. The van der Waals surface area contributed by atoms with Gasteiger partial charge in [-0.25, -0.2) is 4.98 Å². The van der Waals surface area contributed by atoms with Crippen LogP contribution in [0.2, 0.25) is 0 Å². The van der Waals surface area contributed by atoms with Crippen molar-refractivity contribution in [1.82, 2.24) is 10.3 Å².